The number of rotatable bonds is 6. The lowest BCUT2D eigenvalue weighted by atomic mass is 10.2. The molecule has 2 aromatic carbocycles. The summed E-state index contributed by atoms with van der Waals surface area (Å²) in [6.45, 7) is 6.48. The van der Waals surface area contributed by atoms with Gasteiger partial charge in [-0.05, 0) is 44.0 Å². The maximum absolute atomic E-state index is 5.86. The van der Waals surface area contributed by atoms with Crippen LogP contribution in [0.15, 0.2) is 48.5 Å². The van der Waals surface area contributed by atoms with Gasteiger partial charge < -0.3 is 9.05 Å². The molecule has 0 aliphatic rings. The molecule has 0 saturated carbocycles. The molecule has 0 atom stereocenters. The van der Waals surface area contributed by atoms with Crippen LogP contribution in [0.3, 0.4) is 0 Å². The van der Waals surface area contributed by atoms with E-state index in [-0.39, 0.29) is 0 Å². The van der Waals surface area contributed by atoms with Crippen molar-refractivity contribution in [2.75, 3.05) is 6.61 Å². The molecular formula is C16H19O3P. The van der Waals surface area contributed by atoms with Crippen molar-refractivity contribution in [2.45, 2.75) is 20.8 Å². The van der Waals surface area contributed by atoms with Gasteiger partial charge in [0.2, 0.25) is 0 Å². The minimum atomic E-state index is -1.45. The number of benzene rings is 2. The van der Waals surface area contributed by atoms with Crippen molar-refractivity contribution >= 4 is 8.60 Å². The number of para-hydroxylation sites is 2. The molecule has 0 aromatic heterocycles. The van der Waals surface area contributed by atoms with Gasteiger partial charge in [0.25, 0.3) is 0 Å². The Bertz CT molecular complexity index is 509. The molecule has 4 heteroatoms. The quantitative estimate of drug-likeness (QED) is 0.699. The molecule has 0 fully saturated rings. The van der Waals surface area contributed by atoms with Gasteiger partial charge in [-0.2, -0.15) is 0 Å². The largest absolute Gasteiger partial charge is 0.463 e. The van der Waals surface area contributed by atoms with Gasteiger partial charge in [-0.1, -0.05) is 36.4 Å². The molecule has 0 bridgehead atoms. The molecule has 0 spiro atoms. The molecule has 0 radical (unpaired) electrons. The van der Waals surface area contributed by atoms with Crippen LogP contribution >= 0.6 is 8.60 Å². The van der Waals surface area contributed by atoms with Crippen LogP contribution in [0.1, 0.15) is 18.1 Å². The first kappa shape index (κ1) is 14.8. The monoisotopic (exact) mass is 290 g/mol. The van der Waals surface area contributed by atoms with E-state index in [1.165, 1.54) is 0 Å². The van der Waals surface area contributed by atoms with Crippen molar-refractivity contribution in [1.29, 1.82) is 0 Å². The van der Waals surface area contributed by atoms with Crippen molar-refractivity contribution < 1.29 is 13.6 Å². The Hall–Kier alpha value is -1.57. The highest BCUT2D eigenvalue weighted by Gasteiger charge is 2.18. The Morgan fingerprint density at radius 3 is 1.65 bits per heavy atom. The Morgan fingerprint density at radius 1 is 0.800 bits per heavy atom. The average Bonchev–Trinajstić information content (AvgIpc) is 2.44. The van der Waals surface area contributed by atoms with E-state index in [0.717, 1.165) is 22.6 Å². The highest BCUT2D eigenvalue weighted by molar-refractivity contribution is 7.42. The number of hydrogen-bond donors (Lipinski definition) is 0. The summed E-state index contributed by atoms with van der Waals surface area (Å²) < 4.78 is 17.3. The van der Waals surface area contributed by atoms with Crippen molar-refractivity contribution in [1.82, 2.24) is 0 Å². The zero-order valence-corrected chi connectivity index (χ0v) is 12.9. The first-order valence-corrected chi connectivity index (χ1v) is 7.70. The SMILES string of the molecule is CCOP(Oc1ccccc1C)Oc1ccccc1C. The fraction of sp³-hybridized carbons (Fsp3) is 0.250. The summed E-state index contributed by atoms with van der Waals surface area (Å²) in [5.74, 6) is 1.58. The van der Waals surface area contributed by atoms with E-state index in [9.17, 15) is 0 Å². The first-order valence-electron chi connectivity index (χ1n) is 6.61. The third-order valence-electron chi connectivity index (χ3n) is 2.77. The molecule has 0 aliphatic heterocycles. The van der Waals surface area contributed by atoms with Crippen LogP contribution in [0.5, 0.6) is 11.5 Å². The second-order valence-corrected chi connectivity index (χ2v) is 5.43. The van der Waals surface area contributed by atoms with E-state index in [2.05, 4.69) is 0 Å². The van der Waals surface area contributed by atoms with Gasteiger partial charge >= 0.3 is 8.60 Å². The Kier molecular flexibility index (Phi) is 5.40. The Labute approximate surface area is 121 Å². The molecule has 0 aliphatic carbocycles. The second kappa shape index (κ2) is 7.28. The summed E-state index contributed by atoms with van der Waals surface area (Å²) in [7, 11) is -1.45. The van der Waals surface area contributed by atoms with E-state index in [1.807, 2.05) is 69.3 Å². The van der Waals surface area contributed by atoms with E-state index in [0.29, 0.717) is 6.61 Å². The van der Waals surface area contributed by atoms with Crippen LogP contribution in [0.25, 0.3) is 0 Å². The van der Waals surface area contributed by atoms with E-state index >= 15 is 0 Å². The van der Waals surface area contributed by atoms with Crippen LogP contribution in [0.4, 0.5) is 0 Å². The molecule has 20 heavy (non-hydrogen) atoms. The Balaban J connectivity index is 2.12. The van der Waals surface area contributed by atoms with Crippen molar-refractivity contribution in [2.24, 2.45) is 0 Å². The molecule has 0 heterocycles. The molecule has 106 valence electrons. The summed E-state index contributed by atoms with van der Waals surface area (Å²) >= 11 is 0. The molecule has 0 saturated heterocycles. The van der Waals surface area contributed by atoms with Crippen LogP contribution in [0.2, 0.25) is 0 Å². The standard InChI is InChI=1S/C16H19O3P/c1-4-17-20(18-15-11-7-5-9-13(15)2)19-16-12-8-6-10-14(16)3/h5-12H,4H2,1-3H3. The fourth-order valence-corrected chi connectivity index (χ4v) is 2.74. The second-order valence-electron chi connectivity index (χ2n) is 4.35. The van der Waals surface area contributed by atoms with Crippen LogP contribution in [0, 0.1) is 13.8 Å². The molecule has 3 nitrogen and oxygen atoms in total. The van der Waals surface area contributed by atoms with Crippen molar-refractivity contribution in [3.05, 3.63) is 59.7 Å². The summed E-state index contributed by atoms with van der Waals surface area (Å²) in [5.41, 5.74) is 2.13. The third-order valence-corrected chi connectivity index (χ3v) is 3.93. The van der Waals surface area contributed by atoms with Gasteiger partial charge in [0.1, 0.15) is 11.5 Å². The average molecular weight is 290 g/mol. The maximum Gasteiger partial charge on any atom is 0.463 e. The van der Waals surface area contributed by atoms with E-state index < -0.39 is 8.60 Å². The Morgan fingerprint density at radius 2 is 1.25 bits per heavy atom. The predicted molar refractivity (Wildman–Crippen MR) is 82.2 cm³/mol. The first-order chi connectivity index (χ1) is 9.70. The van der Waals surface area contributed by atoms with Gasteiger partial charge in [0.15, 0.2) is 0 Å². The smallest absolute Gasteiger partial charge is 0.417 e. The summed E-state index contributed by atoms with van der Waals surface area (Å²) in [6, 6.07) is 15.7. The highest BCUT2D eigenvalue weighted by Crippen LogP contribution is 2.42. The summed E-state index contributed by atoms with van der Waals surface area (Å²) in [4.78, 5) is 0. The van der Waals surface area contributed by atoms with Gasteiger partial charge in [-0.15, -0.1) is 0 Å². The lowest BCUT2D eigenvalue weighted by Crippen LogP contribution is -2.01. The van der Waals surface area contributed by atoms with Crippen molar-refractivity contribution in [3.8, 4) is 11.5 Å². The van der Waals surface area contributed by atoms with Crippen LogP contribution in [-0.2, 0) is 4.52 Å². The molecular weight excluding hydrogens is 271 g/mol. The topological polar surface area (TPSA) is 27.7 Å². The summed E-state index contributed by atoms with van der Waals surface area (Å²) in [5, 5.41) is 0. The zero-order chi connectivity index (χ0) is 14.4. The van der Waals surface area contributed by atoms with E-state index in [4.69, 9.17) is 13.6 Å². The normalized spacial score (nSPS) is 10.6. The predicted octanol–water partition coefficient (Wildman–Crippen LogP) is 5.02. The molecule has 2 aromatic rings. The lowest BCUT2D eigenvalue weighted by Gasteiger charge is -2.18. The fourth-order valence-electron chi connectivity index (χ4n) is 1.66. The van der Waals surface area contributed by atoms with Gasteiger partial charge in [-0.3, -0.25) is 4.52 Å². The van der Waals surface area contributed by atoms with E-state index in [1.54, 1.807) is 0 Å². The number of hydrogen-bond acceptors (Lipinski definition) is 3. The van der Waals surface area contributed by atoms with Crippen LogP contribution in [-0.4, -0.2) is 6.61 Å². The van der Waals surface area contributed by atoms with Gasteiger partial charge in [0, 0.05) is 0 Å². The highest BCUT2D eigenvalue weighted by atomic mass is 31.2. The third kappa shape index (κ3) is 3.96. The molecule has 2 rings (SSSR count). The van der Waals surface area contributed by atoms with Crippen LogP contribution < -0.4 is 9.05 Å². The minimum Gasteiger partial charge on any atom is -0.417 e. The minimum absolute atomic E-state index is 0.545. The zero-order valence-electron chi connectivity index (χ0n) is 12.0. The summed E-state index contributed by atoms with van der Waals surface area (Å²) in [6.07, 6.45) is 0. The lowest BCUT2D eigenvalue weighted by molar-refractivity contribution is 0.279. The van der Waals surface area contributed by atoms with Gasteiger partial charge in [-0.25, -0.2) is 0 Å². The number of aryl methyl sites for hydroxylation is 2. The van der Waals surface area contributed by atoms with Gasteiger partial charge in [0.05, 0.1) is 6.61 Å². The molecule has 0 amide bonds. The molecule has 0 N–H and O–H groups in total. The maximum atomic E-state index is 5.86. The van der Waals surface area contributed by atoms with Crippen molar-refractivity contribution in [3.63, 3.8) is 0 Å². The molecule has 0 unspecified atom stereocenters.